The molecule has 1 aromatic carbocycles. The zero-order chi connectivity index (χ0) is 8.55. The van der Waals surface area contributed by atoms with Crippen molar-refractivity contribution in [1.82, 2.24) is 4.98 Å². The molecule has 0 radical (unpaired) electrons. The monoisotopic (exact) mass is 158 g/mol. The minimum Gasteiger partial charge on any atom is -0.441 e. The minimum atomic E-state index is 0.593. The van der Waals surface area contributed by atoms with Crippen LogP contribution in [0.25, 0.3) is 15.9 Å². The van der Waals surface area contributed by atoms with E-state index >= 15 is 0 Å². The quantitative estimate of drug-likeness (QED) is 0.552. The van der Waals surface area contributed by atoms with Crippen molar-refractivity contribution in [2.45, 2.75) is 6.92 Å². The smallest absolute Gasteiger partial charge is 0.192 e. The van der Waals surface area contributed by atoms with E-state index in [0.29, 0.717) is 11.6 Å². The van der Waals surface area contributed by atoms with Crippen molar-refractivity contribution < 1.29 is 4.42 Å². The molecule has 0 N–H and O–H groups in total. The van der Waals surface area contributed by atoms with Crippen molar-refractivity contribution >= 4 is 16.8 Å². The summed E-state index contributed by atoms with van der Waals surface area (Å²) in [7, 11) is 0. The molecule has 0 aliphatic heterocycles. The Morgan fingerprint density at radius 3 is 3.08 bits per heavy atom. The first-order chi connectivity index (χ1) is 5.79. The van der Waals surface area contributed by atoms with Crippen LogP contribution in [-0.4, -0.2) is 4.98 Å². The first-order valence-corrected chi connectivity index (χ1v) is 3.54. The van der Waals surface area contributed by atoms with Crippen LogP contribution in [0.15, 0.2) is 22.6 Å². The van der Waals surface area contributed by atoms with Gasteiger partial charge in [-0.25, -0.2) is 9.83 Å². The van der Waals surface area contributed by atoms with Gasteiger partial charge in [0.1, 0.15) is 0 Å². The lowest BCUT2D eigenvalue weighted by Gasteiger charge is -1.85. The van der Waals surface area contributed by atoms with Crippen LogP contribution in [0.3, 0.4) is 0 Å². The third kappa shape index (κ3) is 0.940. The van der Waals surface area contributed by atoms with Crippen molar-refractivity contribution in [3.8, 4) is 0 Å². The van der Waals surface area contributed by atoms with Crippen LogP contribution in [0, 0.1) is 13.5 Å². The average Bonchev–Trinajstić information content (AvgIpc) is 2.43. The number of nitrogens with zero attached hydrogens (tertiary/aromatic N) is 2. The molecule has 2 rings (SSSR count). The van der Waals surface area contributed by atoms with Gasteiger partial charge in [0.15, 0.2) is 17.2 Å². The predicted molar refractivity (Wildman–Crippen MR) is 45.0 cm³/mol. The number of aromatic nitrogens is 1. The molecule has 0 saturated heterocycles. The van der Waals surface area contributed by atoms with Gasteiger partial charge in [0.05, 0.1) is 12.1 Å². The normalized spacial score (nSPS) is 10.0. The largest absolute Gasteiger partial charge is 0.441 e. The summed E-state index contributed by atoms with van der Waals surface area (Å²) in [5.41, 5.74) is 2.08. The second-order valence-electron chi connectivity index (χ2n) is 2.50. The molecule has 1 heterocycles. The number of rotatable bonds is 0. The highest BCUT2D eigenvalue weighted by Gasteiger charge is 2.01. The molecule has 0 aliphatic rings. The SMILES string of the molecule is [C-]#[N+]c1ccc2oc(C)nc2c1. The van der Waals surface area contributed by atoms with Gasteiger partial charge in [-0.05, 0) is 12.1 Å². The Hall–Kier alpha value is -1.82. The van der Waals surface area contributed by atoms with Crippen molar-refractivity contribution in [2.75, 3.05) is 0 Å². The van der Waals surface area contributed by atoms with E-state index in [4.69, 9.17) is 11.0 Å². The second-order valence-corrected chi connectivity index (χ2v) is 2.50. The Kier molecular flexibility index (Phi) is 1.34. The summed E-state index contributed by atoms with van der Waals surface area (Å²) in [6.07, 6.45) is 0. The van der Waals surface area contributed by atoms with E-state index in [1.165, 1.54) is 0 Å². The van der Waals surface area contributed by atoms with Gasteiger partial charge in [-0.1, -0.05) is 6.07 Å². The highest BCUT2D eigenvalue weighted by Crippen LogP contribution is 2.21. The van der Waals surface area contributed by atoms with E-state index < -0.39 is 0 Å². The molecule has 58 valence electrons. The molecule has 3 nitrogen and oxygen atoms in total. The van der Waals surface area contributed by atoms with Gasteiger partial charge in [-0.15, -0.1) is 0 Å². The average molecular weight is 158 g/mol. The van der Waals surface area contributed by atoms with Gasteiger partial charge >= 0.3 is 0 Å². The maximum Gasteiger partial charge on any atom is 0.192 e. The number of hydrogen-bond donors (Lipinski definition) is 0. The summed E-state index contributed by atoms with van der Waals surface area (Å²) in [4.78, 5) is 7.41. The molecule has 1 aromatic heterocycles. The summed E-state index contributed by atoms with van der Waals surface area (Å²) in [6, 6.07) is 5.21. The minimum absolute atomic E-state index is 0.593. The maximum atomic E-state index is 6.79. The molecule has 0 bridgehead atoms. The standard InChI is InChI=1S/C9H6N2O/c1-6-11-8-5-7(10-2)3-4-9(8)12-6/h3-5H,1H3. The highest BCUT2D eigenvalue weighted by atomic mass is 16.3. The lowest BCUT2D eigenvalue weighted by Crippen LogP contribution is -1.67. The Bertz CT molecular complexity index is 465. The van der Waals surface area contributed by atoms with Crippen molar-refractivity contribution in [1.29, 1.82) is 0 Å². The summed E-state index contributed by atoms with van der Waals surface area (Å²) in [6.45, 7) is 8.58. The van der Waals surface area contributed by atoms with Crippen LogP contribution in [0.1, 0.15) is 5.89 Å². The van der Waals surface area contributed by atoms with Crippen LogP contribution in [0.5, 0.6) is 0 Å². The molecule has 0 saturated carbocycles. The third-order valence-electron chi connectivity index (χ3n) is 1.61. The van der Waals surface area contributed by atoms with Crippen LogP contribution in [-0.2, 0) is 0 Å². The molecule has 0 atom stereocenters. The summed E-state index contributed by atoms with van der Waals surface area (Å²) >= 11 is 0. The Morgan fingerprint density at radius 2 is 2.33 bits per heavy atom. The van der Waals surface area contributed by atoms with Crippen LogP contribution >= 0.6 is 0 Å². The summed E-state index contributed by atoms with van der Waals surface area (Å²) in [5.74, 6) is 0.632. The molecule has 0 unspecified atom stereocenters. The van der Waals surface area contributed by atoms with E-state index in [2.05, 4.69) is 9.83 Å². The molecule has 0 amide bonds. The molecule has 12 heavy (non-hydrogen) atoms. The highest BCUT2D eigenvalue weighted by molar-refractivity contribution is 5.77. The molecule has 3 heteroatoms. The van der Waals surface area contributed by atoms with Gasteiger partial charge in [-0.2, -0.15) is 0 Å². The Balaban J connectivity index is 2.77. The molecular formula is C9H6N2O. The van der Waals surface area contributed by atoms with E-state index in [0.717, 1.165) is 11.1 Å². The van der Waals surface area contributed by atoms with Gasteiger partial charge < -0.3 is 4.42 Å². The third-order valence-corrected chi connectivity index (χ3v) is 1.61. The van der Waals surface area contributed by atoms with Crippen molar-refractivity contribution in [3.63, 3.8) is 0 Å². The lowest BCUT2D eigenvalue weighted by atomic mass is 10.3. The maximum absolute atomic E-state index is 6.79. The predicted octanol–water partition coefficient (Wildman–Crippen LogP) is 2.69. The van der Waals surface area contributed by atoms with Crippen molar-refractivity contribution in [3.05, 3.63) is 35.5 Å². The fourth-order valence-corrected chi connectivity index (χ4v) is 1.10. The second kappa shape index (κ2) is 2.35. The van der Waals surface area contributed by atoms with E-state index in [9.17, 15) is 0 Å². The lowest BCUT2D eigenvalue weighted by molar-refractivity contribution is 0.561. The Morgan fingerprint density at radius 1 is 1.50 bits per heavy atom. The summed E-state index contributed by atoms with van der Waals surface area (Å²) < 4.78 is 5.25. The number of aryl methyl sites for hydroxylation is 1. The first kappa shape index (κ1) is 6.86. The van der Waals surface area contributed by atoms with Gasteiger partial charge in [-0.3, -0.25) is 0 Å². The number of oxazole rings is 1. The van der Waals surface area contributed by atoms with E-state index in [1.54, 1.807) is 25.1 Å². The summed E-state index contributed by atoms with van der Waals surface area (Å²) in [5, 5.41) is 0. The topological polar surface area (TPSA) is 30.4 Å². The van der Waals surface area contributed by atoms with Gasteiger partial charge in [0.2, 0.25) is 0 Å². The number of hydrogen-bond acceptors (Lipinski definition) is 2. The molecule has 2 aromatic rings. The fraction of sp³-hybridized carbons (Fsp3) is 0.111. The zero-order valence-electron chi connectivity index (χ0n) is 6.53. The number of benzene rings is 1. The first-order valence-electron chi connectivity index (χ1n) is 3.54. The fourth-order valence-electron chi connectivity index (χ4n) is 1.10. The van der Waals surface area contributed by atoms with Gasteiger partial charge in [0.25, 0.3) is 0 Å². The van der Waals surface area contributed by atoms with Crippen molar-refractivity contribution in [2.24, 2.45) is 0 Å². The van der Waals surface area contributed by atoms with E-state index in [1.807, 2.05) is 0 Å². The zero-order valence-corrected chi connectivity index (χ0v) is 6.53. The Labute approximate surface area is 69.5 Å². The van der Waals surface area contributed by atoms with E-state index in [-0.39, 0.29) is 0 Å². The van der Waals surface area contributed by atoms with Crippen LogP contribution in [0.4, 0.5) is 5.69 Å². The molecule has 0 aliphatic carbocycles. The molecular weight excluding hydrogens is 152 g/mol. The number of fused-ring (bicyclic) bond motifs is 1. The molecule has 0 fully saturated rings. The van der Waals surface area contributed by atoms with Gasteiger partial charge in [0, 0.05) is 6.92 Å². The van der Waals surface area contributed by atoms with Crippen LogP contribution < -0.4 is 0 Å². The van der Waals surface area contributed by atoms with Crippen LogP contribution in [0.2, 0.25) is 0 Å². The molecule has 0 spiro atoms.